The molecule has 0 bridgehead atoms. The van der Waals surface area contributed by atoms with E-state index in [4.69, 9.17) is 0 Å². The fourth-order valence-corrected chi connectivity index (χ4v) is 7.63. The lowest BCUT2D eigenvalue weighted by Crippen LogP contribution is -2.51. The molecule has 1 atom stereocenters. The summed E-state index contributed by atoms with van der Waals surface area (Å²) in [5, 5.41) is 6.25. The summed E-state index contributed by atoms with van der Waals surface area (Å²) >= 11 is 1.21. The Morgan fingerprint density at radius 3 is 2.53 bits per heavy atom. The van der Waals surface area contributed by atoms with Crippen LogP contribution in [0.1, 0.15) is 36.0 Å². The Labute approximate surface area is 215 Å². The predicted octanol–water partition coefficient (Wildman–Crippen LogP) is 4.94. The highest BCUT2D eigenvalue weighted by atomic mass is 32.2. The smallest absolute Gasteiger partial charge is 0.254 e. The highest BCUT2D eigenvalue weighted by Gasteiger charge is 2.36. The molecule has 1 saturated heterocycles. The van der Waals surface area contributed by atoms with Crippen LogP contribution in [0.5, 0.6) is 0 Å². The van der Waals surface area contributed by atoms with Crippen LogP contribution < -0.4 is 0 Å². The summed E-state index contributed by atoms with van der Waals surface area (Å²) in [6.07, 6.45) is 3.28. The van der Waals surface area contributed by atoms with Gasteiger partial charge in [-0.15, -0.1) is 11.3 Å². The highest BCUT2D eigenvalue weighted by molar-refractivity contribution is 7.91. The van der Waals surface area contributed by atoms with E-state index in [1.165, 1.54) is 29.7 Å². The number of fused-ring (bicyclic) bond motifs is 1. The van der Waals surface area contributed by atoms with Crippen LogP contribution in [0, 0.1) is 25.6 Å². The number of sulfonamides is 1. The zero-order valence-electron chi connectivity index (χ0n) is 20.8. The molecule has 4 aromatic rings. The van der Waals surface area contributed by atoms with Crippen molar-refractivity contribution in [3.63, 3.8) is 0 Å². The van der Waals surface area contributed by atoms with Crippen molar-refractivity contribution < 1.29 is 12.8 Å². The molecule has 2 aromatic carbocycles. The van der Waals surface area contributed by atoms with Crippen molar-refractivity contribution in [3.8, 4) is 5.69 Å². The molecular formula is C26H30FN5O2S2. The third-order valence-corrected chi connectivity index (χ3v) is 9.85. The Bertz CT molecular complexity index is 1490. The number of halogens is 1. The Balaban J connectivity index is 1.53. The lowest BCUT2D eigenvalue weighted by Gasteiger charge is -2.42. The first kappa shape index (κ1) is 25.0. The van der Waals surface area contributed by atoms with Crippen molar-refractivity contribution in [1.29, 1.82) is 0 Å². The number of piperazine rings is 1. The monoisotopic (exact) mass is 527 g/mol. The molecule has 1 fully saturated rings. The molecule has 1 aliphatic rings. The molecule has 5 rings (SSSR count). The van der Waals surface area contributed by atoms with Gasteiger partial charge in [-0.3, -0.25) is 4.90 Å². The summed E-state index contributed by atoms with van der Waals surface area (Å²) in [4.78, 5) is 6.56. The van der Waals surface area contributed by atoms with Crippen molar-refractivity contribution in [2.75, 3.05) is 26.2 Å². The first-order chi connectivity index (χ1) is 17.1. The van der Waals surface area contributed by atoms with Crippen molar-refractivity contribution >= 4 is 32.3 Å². The minimum Gasteiger partial charge on any atom is -0.293 e. The van der Waals surface area contributed by atoms with E-state index in [0.29, 0.717) is 29.8 Å². The van der Waals surface area contributed by atoms with E-state index in [0.717, 1.165) is 39.3 Å². The zero-order valence-corrected chi connectivity index (χ0v) is 22.5. The molecule has 10 heteroatoms. The molecule has 0 N–H and O–H groups in total. The van der Waals surface area contributed by atoms with Gasteiger partial charge in [0, 0.05) is 37.6 Å². The fourth-order valence-electron chi connectivity index (χ4n) is 4.93. The van der Waals surface area contributed by atoms with Gasteiger partial charge in [-0.05, 0) is 67.3 Å². The van der Waals surface area contributed by atoms with E-state index in [-0.39, 0.29) is 11.9 Å². The Hall–Kier alpha value is -2.66. The number of benzene rings is 2. The largest absolute Gasteiger partial charge is 0.293 e. The first-order valence-electron chi connectivity index (χ1n) is 12.0. The summed E-state index contributed by atoms with van der Waals surface area (Å²) < 4.78 is 44.0. The minimum absolute atomic E-state index is 0.0801. The second-order valence-electron chi connectivity index (χ2n) is 9.77. The van der Waals surface area contributed by atoms with Crippen LogP contribution in [-0.4, -0.2) is 58.6 Å². The fraction of sp³-hybridized carbons (Fsp3) is 0.385. The maximum absolute atomic E-state index is 13.4. The van der Waals surface area contributed by atoms with Gasteiger partial charge < -0.3 is 0 Å². The topological polar surface area (TPSA) is 71.3 Å². The van der Waals surface area contributed by atoms with Crippen molar-refractivity contribution in [2.45, 2.75) is 37.9 Å². The standard InChI is InChI=1S/C26H30FN5O2S2/c1-17(2)15-30-9-10-31(36(33,34)26-14-28-19(4)35-26)16-25(30)23-12-20-13-29-32(24(20)11-18(23)3)22-7-5-21(27)6-8-22/h5-8,11-14,17,25H,9-10,15-16H2,1-4H3. The zero-order chi connectivity index (χ0) is 25.6. The average Bonchev–Trinajstić information content (AvgIpc) is 3.45. The maximum atomic E-state index is 13.4. The van der Waals surface area contributed by atoms with Crippen LogP contribution in [0.3, 0.4) is 0 Å². The second-order valence-corrected chi connectivity index (χ2v) is 13.2. The molecule has 0 amide bonds. The van der Waals surface area contributed by atoms with Crippen molar-refractivity contribution in [2.24, 2.45) is 5.92 Å². The Morgan fingerprint density at radius 2 is 1.86 bits per heavy atom. The molecule has 1 aliphatic heterocycles. The number of hydrogen-bond donors (Lipinski definition) is 0. The summed E-state index contributed by atoms with van der Waals surface area (Å²) in [7, 11) is -3.61. The molecule has 190 valence electrons. The van der Waals surface area contributed by atoms with Gasteiger partial charge in [0.05, 0.1) is 28.6 Å². The first-order valence-corrected chi connectivity index (χ1v) is 14.3. The molecule has 7 nitrogen and oxygen atoms in total. The van der Waals surface area contributed by atoms with Gasteiger partial charge in [0.1, 0.15) is 5.82 Å². The van der Waals surface area contributed by atoms with Crippen LogP contribution in [0.4, 0.5) is 4.39 Å². The predicted molar refractivity (Wildman–Crippen MR) is 141 cm³/mol. The number of nitrogens with zero attached hydrogens (tertiary/aromatic N) is 5. The van der Waals surface area contributed by atoms with E-state index in [2.05, 4.69) is 47.9 Å². The van der Waals surface area contributed by atoms with Gasteiger partial charge in [-0.1, -0.05) is 13.8 Å². The molecule has 0 saturated carbocycles. The normalized spacial score (nSPS) is 17.9. The molecule has 0 radical (unpaired) electrons. The molecule has 1 unspecified atom stereocenters. The number of hydrogen-bond acceptors (Lipinski definition) is 6. The molecule has 0 spiro atoms. The molecule has 0 aliphatic carbocycles. The summed E-state index contributed by atoms with van der Waals surface area (Å²) in [6.45, 7) is 10.6. The second kappa shape index (κ2) is 9.66. The van der Waals surface area contributed by atoms with Gasteiger partial charge in [0.25, 0.3) is 10.0 Å². The lowest BCUT2D eigenvalue weighted by molar-refractivity contribution is 0.105. The van der Waals surface area contributed by atoms with E-state index >= 15 is 0 Å². The van der Waals surface area contributed by atoms with E-state index in [1.807, 2.05) is 13.1 Å². The van der Waals surface area contributed by atoms with Crippen molar-refractivity contribution in [1.82, 2.24) is 24.0 Å². The SMILES string of the molecule is Cc1ncc(S(=O)(=O)N2CCN(CC(C)C)C(c3cc4cnn(-c5ccc(F)cc5)c4cc3C)C2)s1. The lowest BCUT2D eigenvalue weighted by atomic mass is 9.96. The molecule has 2 aromatic heterocycles. The number of aromatic nitrogens is 3. The maximum Gasteiger partial charge on any atom is 0.254 e. The van der Waals surface area contributed by atoms with Gasteiger partial charge >= 0.3 is 0 Å². The summed E-state index contributed by atoms with van der Waals surface area (Å²) in [6, 6.07) is 10.4. The van der Waals surface area contributed by atoms with Crippen LogP contribution in [-0.2, 0) is 10.0 Å². The van der Waals surface area contributed by atoms with Crippen LogP contribution in [0.2, 0.25) is 0 Å². The minimum atomic E-state index is -3.61. The van der Waals surface area contributed by atoms with Gasteiger partial charge in [0.2, 0.25) is 0 Å². The quantitative estimate of drug-likeness (QED) is 0.355. The van der Waals surface area contributed by atoms with Gasteiger partial charge in [-0.2, -0.15) is 9.40 Å². The average molecular weight is 528 g/mol. The molecule has 36 heavy (non-hydrogen) atoms. The summed E-state index contributed by atoms with van der Waals surface area (Å²) in [5.41, 5.74) is 3.88. The Kier molecular flexibility index (Phi) is 6.71. The van der Waals surface area contributed by atoms with Crippen LogP contribution >= 0.6 is 11.3 Å². The van der Waals surface area contributed by atoms with Gasteiger partial charge in [0.15, 0.2) is 4.21 Å². The van der Waals surface area contributed by atoms with Crippen LogP contribution in [0.25, 0.3) is 16.6 Å². The Morgan fingerprint density at radius 1 is 1.11 bits per heavy atom. The molecular weight excluding hydrogens is 497 g/mol. The third kappa shape index (κ3) is 4.70. The van der Waals surface area contributed by atoms with Crippen LogP contribution in [0.15, 0.2) is 53.0 Å². The van der Waals surface area contributed by atoms with E-state index < -0.39 is 10.0 Å². The van der Waals surface area contributed by atoms with E-state index in [9.17, 15) is 12.8 Å². The number of rotatable bonds is 6. The number of aryl methyl sites for hydroxylation is 2. The third-order valence-electron chi connectivity index (χ3n) is 6.63. The molecule has 3 heterocycles. The number of thiazole rings is 1. The van der Waals surface area contributed by atoms with Gasteiger partial charge in [-0.25, -0.2) is 22.5 Å². The van der Waals surface area contributed by atoms with E-state index in [1.54, 1.807) is 21.1 Å². The summed E-state index contributed by atoms with van der Waals surface area (Å²) in [5.74, 6) is 0.161. The highest BCUT2D eigenvalue weighted by Crippen LogP contribution is 2.34. The van der Waals surface area contributed by atoms with Crippen molar-refractivity contribution in [3.05, 3.63) is 70.7 Å².